The monoisotopic (exact) mass is 449 g/mol. The zero-order valence-corrected chi connectivity index (χ0v) is 17.8. The van der Waals surface area contributed by atoms with Crippen LogP contribution in [0.2, 0.25) is 10.0 Å². The number of benzene rings is 2. The first kappa shape index (κ1) is 20.3. The number of thiazole rings is 1. The summed E-state index contributed by atoms with van der Waals surface area (Å²) in [7, 11) is 0. The molecule has 2 heterocycles. The summed E-state index contributed by atoms with van der Waals surface area (Å²) in [5.41, 5.74) is 2.24. The van der Waals surface area contributed by atoms with Crippen molar-refractivity contribution in [2.24, 2.45) is 0 Å². The molecule has 1 aromatic heterocycles. The molecule has 150 valence electrons. The number of amides is 1. The van der Waals surface area contributed by atoms with Crippen molar-refractivity contribution in [2.45, 2.75) is 6.54 Å². The summed E-state index contributed by atoms with van der Waals surface area (Å²) in [6.45, 7) is 3.53. The van der Waals surface area contributed by atoms with Crippen LogP contribution in [-0.4, -0.2) is 46.9 Å². The van der Waals surface area contributed by atoms with Crippen LogP contribution in [0.5, 0.6) is 0 Å². The van der Waals surface area contributed by atoms with Crippen molar-refractivity contribution in [3.05, 3.63) is 74.3 Å². The lowest BCUT2D eigenvalue weighted by molar-refractivity contribution is 0.0628. The number of piperazine rings is 1. The highest BCUT2D eigenvalue weighted by Crippen LogP contribution is 2.25. The molecule has 0 radical (unpaired) electrons. The molecule has 2 aromatic carbocycles. The third kappa shape index (κ3) is 4.78. The van der Waals surface area contributed by atoms with Crippen LogP contribution < -0.4 is 0 Å². The molecule has 1 saturated heterocycles. The number of hydrogen-bond acceptors (Lipinski definition) is 4. The number of aromatic nitrogens is 1. The van der Waals surface area contributed by atoms with E-state index in [-0.39, 0.29) is 11.7 Å². The lowest BCUT2D eigenvalue weighted by Gasteiger charge is -2.34. The maximum absolute atomic E-state index is 13.1. The Morgan fingerprint density at radius 2 is 1.79 bits per heavy atom. The molecule has 0 saturated carbocycles. The van der Waals surface area contributed by atoms with Gasteiger partial charge in [0, 0.05) is 42.1 Å². The molecule has 0 atom stereocenters. The second kappa shape index (κ2) is 8.79. The zero-order chi connectivity index (χ0) is 20.4. The van der Waals surface area contributed by atoms with Gasteiger partial charge in [0.2, 0.25) is 0 Å². The molecule has 0 N–H and O–H groups in total. The van der Waals surface area contributed by atoms with Crippen molar-refractivity contribution in [1.29, 1.82) is 0 Å². The van der Waals surface area contributed by atoms with Crippen molar-refractivity contribution >= 4 is 40.4 Å². The Balaban J connectivity index is 1.34. The molecule has 29 heavy (non-hydrogen) atoms. The summed E-state index contributed by atoms with van der Waals surface area (Å²) in [5, 5.41) is 3.89. The van der Waals surface area contributed by atoms with Gasteiger partial charge in [-0.1, -0.05) is 23.2 Å². The van der Waals surface area contributed by atoms with Crippen LogP contribution in [0.15, 0.2) is 47.8 Å². The van der Waals surface area contributed by atoms with E-state index in [0.29, 0.717) is 28.7 Å². The standard InChI is InChI=1S/C21H18Cl2FN3OS/c22-15-3-6-17(18(23)11-15)21(28)27-9-7-26(8-10-27)12-20-25-19(13-29-20)14-1-4-16(24)5-2-14/h1-6,11,13H,7-10,12H2. The van der Waals surface area contributed by atoms with E-state index in [4.69, 9.17) is 23.2 Å². The largest absolute Gasteiger partial charge is 0.336 e. The van der Waals surface area contributed by atoms with Crippen LogP contribution in [0, 0.1) is 5.82 Å². The molecular formula is C21H18Cl2FN3OS. The number of carbonyl (C=O) groups is 1. The Morgan fingerprint density at radius 3 is 2.48 bits per heavy atom. The molecule has 1 amide bonds. The number of hydrogen-bond donors (Lipinski definition) is 0. The maximum Gasteiger partial charge on any atom is 0.255 e. The second-order valence-corrected chi connectivity index (χ2v) is 8.61. The van der Waals surface area contributed by atoms with Crippen LogP contribution in [0.1, 0.15) is 15.4 Å². The molecule has 4 rings (SSSR count). The third-order valence-electron chi connectivity index (χ3n) is 4.87. The summed E-state index contributed by atoms with van der Waals surface area (Å²) in [6.07, 6.45) is 0. The summed E-state index contributed by atoms with van der Waals surface area (Å²) in [4.78, 5) is 21.5. The van der Waals surface area contributed by atoms with Gasteiger partial charge in [0.1, 0.15) is 10.8 Å². The van der Waals surface area contributed by atoms with E-state index < -0.39 is 0 Å². The summed E-state index contributed by atoms with van der Waals surface area (Å²) in [5.74, 6) is -0.323. The fraction of sp³-hybridized carbons (Fsp3) is 0.238. The van der Waals surface area contributed by atoms with Gasteiger partial charge in [0.25, 0.3) is 5.91 Å². The van der Waals surface area contributed by atoms with Gasteiger partial charge in [0.05, 0.1) is 22.8 Å². The lowest BCUT2D eigenvalue weighted by atomic mass is 10.1. The van der Waals surface area contributed by atoms with Crippen molar-refractivity contribution in [1.82, 2.24) is 14.8 Å². The highest BCUT2D eigenvalue weighted by atomic mass is 35.5. The molecule has 0 bridgehead atoms. The van der Waals surface area contributed by atoms with Crippen molar-refractivity contribution in [2.75, 3.05) is 26.2 Å². The number of halogens is 3. The molecule has 4 nitrogen and oxygen atoms in total. The molecule has 1 aliphatic rings. The molecule has 1 aliphatic heterocycles. The second-order valence-electron chi connectivity index (χ2n) is 6.83. The number of nitrogens with zero attached hydrogens (tertiary/aromatic N) is 3. The molecule has 0 aliphatic carbocycles. The molecule has 0 spiro atoms. The Hall–Kier alpha value is -1.99. The van der Waals surface area contributed by atoms with Crippen LogP contribution in [-0.2, 0) is 6.54 Å². The van der Waals surface area contributed by atoms with Crippen LogP contribution in [0.3, 0.4) is 0 Å². The van der Waals surface area contributed by atoms with E-state index in [9.17, 15) is 9.18 Å². The van der Waals surface area contributed by atoms with E-state index in [1.165, 1.54) is 12.1 Å². The van der Waals surface area contributed by atoms with E-state index in [1.807, 2.05) is 10.3 Å². The van der Waals surface area contributed by atoms with Gasteiger partial charge in [-0.25, -0.2) is 9.37 Å². The third-order valence-corrected chi connectivity index (χ3v) is 6.25. The van der Waals surface area contributed by atoms with Crippen LogP contribution >= 0.6 is 34.5 Å². The topological polar surface area (TPSA) is 36.4 Å². The Morgan fingerprint density at radius 1 is 1.07 bits per heavy atom. The Labute approximate surface area is 182 Å². The minimum absolute atomic E-state index is 0.0702. The highest BCUT2D eigenvalue weighted by molar-refractivity contribution is 7.09. The van der Waals surface area contributed by atoms with Crippen LogP contribution in [0.4, 0.5) is 4.39 Å². The first-order chi connectivity index (χ1) is 14.0. The van der Waals surface area contributed by atoms with E-state index in [0.717, 1.165) is 35.9 Å². The average molecular weight is 450 g/mol. The highest BCUT2D eigenvalue weighted by Gasteiger charge is 2.24. The summed E-state index contributed by atoms with van der Waals surface area (Å²) < 4.78 is 13.1. The molecule has 3 aromatic rings. The van der Waals surface area contributed by atoms with Crippen molar-refractivity contribution in [3.8, 4) is 11.3 Å². The fourth-order valence-corrected chi connectivity index (χ4v) is 4.60. The first-order valence-electron chi connectivity index (χ1n) is 9.16. The maximum atomic E-state index is 13.1. The fourth-order valence-electron chi connectivity index (χ4n) is 3.27. The number of carbonyl (C=O) groups excluding carboxylic acids is 1. The van der Waals surface area contributed by atoms with Gasteiger partial charge >= 0.3 is 0 Å². The molecule has 1 fully saturated rings. The first-order valence-corrected chi connectivity index (χ1v) is 10.8. The van der Waals surface area contributed by atoms with Gasteiger partial charge in [-0.15, -0.1) is 11.3 Å². The van der Waals surface area contributed by atoms with Crippen molar-refractivity contribution < 1.29 is 9.18 Å². The summed E-state index contributed by atoms with van der Waals surface area (Å²) >= 11 is 13.7. The predicted octanol–water partition coefficient (Wildman–Crippen LogP) is 5.21. The number of rotatable bonds is 4. The molecular weight excluding hydrogens is 432 g/mol. The molecule has 8 heteroatoms. The van der Waals surface area contributed by atoms with Crippen molar-refractivity contribution in [3.63, 3.8) is 0 Å². The van der Waals surface area contributed by atoms with E-state index >= 15 is 0 Å². The average Bonchev–Trinajstić information content (AvgIpc) is 3.17. The van der Waals surface area contributed by atoms with Crippen LogP contribution in [0.25, 0.3) is 11.3 Å². The Kier molecular flexibility index (Phi) is 6.15. The van der Waals surface area contributed by atoms with Gasteiger partial charge in [-0.05, 0) is 42.5 Å². The minimum Gasteiger partial charge on any atom is -0.336 e. The van der Waals surface area contributed by atoms with Gasteiger partial charge in [-0.2, -0.15) is 0 Å². The smallest absolute Gasteiger partial charge is 0.255 e. The van der Waals surface area contributed by atoms with Gasteiger partial charge < -0.3 is 4.90 Å². The lowest BCUT2D eigenvalue weighted by Crippen LogP contribution is -2.48. The zero-order valence-electron chi connectivity index (χ0n) is 15.4. The normalized spacial score (nSPS) is 14.9. The predicted molar refractivity (Wildman–Crippen MR) is 115 cm³/mol. The minimum atomic E-state index is -0.253. The SMILES string of the molecule is O=C(c1ccc(Cl)cc1Cl)N1CCN(Cc2nc(-c3ccc(F)cc3)cs2)CC1. The quantitative estimate of drug-likeness (QED) is 0.548. The van der Waals surface area contributed by atoms with Gasteiger partial charge in [0.15, 0.2) is 0 Å². The van der Waals surface area contributed by atoms with Gasteiger partial charge in [-0.3, -0.25) is 9.69 Å². The van der Waals surface area contributed by atoms with E-state index in [2.05, 4.69) is 9.88 Å². The summed E-state index contributed by atoms with van der Waals surface area (Å²) in [6, 6.07) is 11.3. The Bertz CT molecular complexity index is 1020. The van der Waals surface area contributed by atoms with E-state index in [1.54, 1.807) is 41.7 Å². The molecule has 0 unspecified atom stereocenters.